The lowest BCUT2D eigenvalue weighted by Crippen LogP contribution is -2.54. The zero-order chi connectivity index (χ0) is 33.3. The van der Waals surface area contributed by atoms with E-state index in [1.807, 2.05) is 37.9 Å². The average molecular weight is 663 g/mol. The smallest absolute Gasteiger partial charge is 0.270 e. The number of hydrogen-bond acceptors (Lipinski definition) is 8. The van der Waals surface area contributed by atoms with Crippen LogP contribution in [0.2, 0.25) is 0 Å². The van der Waals surface area contributed by atoms with E-state index in [0.29, 0.717) is 35.8 Å². The summed E-state index contributed by atoms with van der Waals surface area (Å²) in [6.45, 7) is 6.68. The Morgan fingerprint density at radius 3 is 2.21 bits per heavy atom. The SMILES string of the molecule is CC(C)n1nccc1C(=O)N[C@H](C(=O)Nc1ccc(C[C@@H](NC(=O)c2ccns2)C(=O)N2CCN(C)CC2)cc1)C1CCCCCC1. The van der Waals surface area contributed by atoms with Crippen molar-refractivity contribution in [3.05, 3.63) is 64.9 Å². The number of nitrogens with one attached hydrogen (secondary N) is 3. The molecule has 1 aromatic carbocycles. The van der Waals surface area contributed by atoms with E-state index in [1.165, 1.54) is 0 Å². The minimum Gasteiger partial charge on any atom is -0.339 e. The lowest BCUT2D eigenvalue weighted by atomic mass is 9.91. The van der Waals surface area contributed by atoms with E-state index in [9.17, 15) is 19.2 Å². The van der Waals surface area contributed by atoms with Gasteiger partial charge in [0.2, 0.25) is 11.8 Å². The number of likely N-dealkylation sites (N-methyl/N-ethyl adjacent to an activating group) is 1. The summed E-state index contributed by atoms with van der Waals surface area (Å²) in [7, 11) is 2.03. The Hall–Kier alpha value is -4.10. The summed E-state index contributed by atoms with van der Waals surface area (Å²) in [5.74, 6) is -0.985. The molecule has 3 heterocycles. The minimum atomic E-state index is -0.748. The van der Waals surface area contributed by atoms with Crippen molar-refractivity contribution in [3.8, 4) is 0 Å². The van der Waals surface area contributed by atoms with Crippen LogP contribution in [0.1, 0.15) is 84.1 Å². The molecule has 5 rings (SSSR count). The summed E-state index contributed by atoms with van der Waals surface area (Å²) >= 11 is 1.09. The van der Waals surface area contributed by atoms with Crippen LogP contribution in [0, 0.1) is 5.92 Å². The number of benzene rings is 1. The first-order chi connectivity index (χ1) is 22.7. The molecular weight excluding hydrogens is 616 g/mol. The molecule has 2 aromatic heterocycles. The molecular formula is C34H46N8O4S. The number of rotatable bonds is 11. The highest BCUT2D eigenvalue weighted by Crippen LogP contribution is 2.27. The molecule has 0 radical (unpaired) electrons. The molecule has 0 spiro atoms. The Balaban J connectivity index is 1.28. The molecule has 1 aliphatic carbocycles. The number of anilines is 1. The third-order valence-corrected chi connectivity index (χ3v) is 9.82. The van der Waals surface area contributed by atoms with E-state index in [4.69, 9.17) is 0 Å². The molecule has 2 aliphatic rings. The van der Waals surface area contributed by atoms with Crippen molar-refractivity contribution in [2.24, 2.45) is 5.92 Å². The van der Waals surface area contributed by atoms with Crippen LogP contribution in [0.25, 0.3) is 0 Å². The Morgan fingerprint density at radius 2 is 1.57 bits per heavy atom. The molecule has 1 aliphatic heterocycles. The minimum absolute atomic E-state index is 0.00638. The molecule has 2 atom stereocenters. The van der Waals surface area contributed by atoms with Crippen LogP contribution >= 0.6 is 11.5 Å². The van der Waals surface area contributed by atoms with E-state index in [0.717, 1.165) is 68.7 Å². The molecule has 12 nitrogen and oxygen atoms in total. The van der Waals surface area contributed by atoms with E-state index in [2.05, 4.69) is 30.3 Å². The van der Waals surface area contributed by atoms with Gasteiger partial charge in [-0.05, 0) is 81.0 Å². The lowest BCUT2D eigenvalue weighted by molar-refractivity contribution is -0.134. The zero-order valence-corrected chi connectivity index (χ0v) is 28.3. The van der Waals surface area contributed by atoms with Gasteiger partial charge in [-0.2, -0.15) is 5.10 Å². The van der Waals surface area contributed by atoms with Gasteiger partial charge in [0.15, 0.2) is 0 Å². The standard InChI is InChI=1S/C34H46N8O4S/c1-23(2)42-28(14-16-35-42)31(43)39-30(25-8-6-4-5-7-9-25)33(45)37-26-12-10-24(11-13-26)22-27(38-32(44)29-15-17-36-47-29)34(46)41-20-18-40(3)19-21-41/h10-17,23,25,27,30H,4-9,18-22H2,1-3H3,(H,37,45)(H,38,44)(H,39,43)/t27-,30+/m1/s1. The van der Waals surface area contributed by atoms with Gasteiger partial charge in [0.1, 0.15) is 22.7 Å². The average Bonchev–Trinajstić information content (AvgIpc) is 3.73. The van der Waals surface area contributed by atoms with Crippen LogP contribution in [0.5, 0.6) is 0 Å². The number of carbonyl (C=O) groups excluding carboxylic acids is 4. The molecule has 3 N–H and O–H groups in total. The second kappa shape index (κ2) is 16.1. The highest BCUT2D eigenvalue weighted by Gasteiger charge is 2.32. The van der Waals surface area contributed by atoms with Crippen LogP contribution in [-0.2, 0) is 16.0 Å². The molecule has 2 fully saturated rings. The van der Waals surface area contributed by atoms with Gasteiger partial charge in [-0.25, -0.2) is 4.37 Å². The Kier molecular flexibility index (Phi) is 11.8. The molecule has 13 heteroatoms. The summed E-state index contributed by atoms with van der Waals surface area (Å²) in [5.41, 5.74) is 1.86. The summed E-state index contributed by atoms with van der Waals surface area (Å²) < 4.78 is 5.68. The first-order valence-electron chi connectivity index (χ1n) is 16.6. The van der Waals surface area contributed by atoms with E-state index in [-0.39, 0.29) is 35.6 Å². The van der Waals surface area contributed by atoms with Crippen LogP contribution in [-0.4, -0.2) is 92.9 Å². The van der Waals surface area contributed by atoms with Gasteiger partial charge in [0.25, 0.3) is 11.8 Å². The van der Waals surface area contributed by atoms with Gasteiger partial charge < -0.3 is 25.8 Å². The molecule has 1 saturated heterocycles. The largest absolute Gasteiger partial charge is 0.339 e. The van der Waals surface area contributed by atoms with Crippen molar-refractivity contribution in [2.45, 2.75) is 76.9 Å². The maximum absolute atomic E-state index is 13.8. The summed E-state index contributed by atoms with van der Waals surface area (Å²) in [4.78, 5) is 58.1. The van der Waals surface area contributed by atoms with E-state index >= 15 is 0 Å². The van der Waals surface area contributed by atoms with Gasteiger partial charge in [0.05, 0.1) is 0 Å². The van der Waals surface area contributed by atoms with Crippen molar-refractivity contribution in [3.63, 3.8) is 0 Å². The molecule has 0 bridgehead atoms. The molecule has 4 amide bonds. The van der Waals surface area contributed by atoms with Crippen molar-refractivity contribution in [2.75, 3.05) is 38.5 Å². The zero-order valence-electron chi connectivity index (χ0n) is 27.5. The molecule has 0 unspecified atom stereocenters. The number of hydrogen-bond donors (Lipinski definition) is 3. The topological polar surface area (TPSA) is 142 Å². The number of carbonyl (C=O) groups is 4. The number of aromatic nitrogens is 3. The molecule has 252 valence electrons. The molecule has 1 saturated carbocycles. The van der Waals surface area contributed by atoms with Crippen LogP contribution in [0.15, 0.2) is 48.8 Å². The molecule has 47 heavy (non-hydrogen) atoms. The summed E-state index contributed by atoms with van der Waals surface area (Å²) in [6, 6.07) is 9.21. The quantitative estimate of drug-likeness (QED) is 0.266. The van der Waals surface area contributed by atoms with Crippen molar-refractivity contribution in [1.82, 2.24) is 34.6 Å². The predicted octanol–water partition coefficient (Wildman–Crippen LogP) is 3.74. The fourth-order valence-electron chi connectivity index (χ4n) is 6.35. The van der Waals surface area contributed by atoms with Crippen molar-refractivity contribution in [1.29, 1.82) is 0 Å². The second-order valence-corrected chi connectivity index (χ2v) is 13.7. The van der Waals surface area contributed by atoms with Crippen LogP contribution < -0.4 is 16.0 Å². The third kappa shape index (κ3) is 9.04. The molecule has 3 aromatic rings. The number of piperazine rings is 1. The number of amides is 4. The maximum Gasteiger partial charge on any atom is 0.270 e. The van der Waals surface area contributed by atoms with E-state index in [1.54, 1.807) is 41.3 Å². The van der Waals surface area contributed by atoms with Crippen molar-refractivity contribution >= 4 is 40.8 Å². The Labute approximate surface area is 280 Å². The van der Waals surface area contributed by atoms with Gasteiger partial charge in [-0.3, -0.25) is 23.9 Å². The van der Waals surface area contributed by atoms with Crippen LogP contribution in [0.3, 0.4) is 0 Å². The lowest BCUT2D eigenvalue weighted by Gasteiger charge is -2.34. The van der Waals surface area contributed by atoms with Gasteiger partial charge in [-0.15, -0.1) is 0 Å². The summed E-state index contributed by atoms with van der Waals surface area (Å²) in [5, 5.41) is 13.3. The highest BCUT2D eigenvalue weighted by atomic mass is 32.1. The monoisotopic (exact) mass is 662 g/mol. The predicted molar refractivity (Wildman–Crippen MR) is 181 cm³/mol. The second-order valence-electron chi connectivity index (χ2n) is 12.9. The van der Waals surface area contributed by atoms with E-state index < -0.39 is 12.1 Å². The first kappa shape index (κ1) is 34.2. The van der Waals surface area contributed by atoms with Crippen molar-refractivity contribution < 1.29 is 19.2 Å². The van der Waals surface area contributed by atoms with Gasteiger partial charge in [-0.1, -0.05) is 37.8 Å². The fourth-order valence-corrected chi connectivity index (χ4v) is 6.85. The Morgan fingerprint density at radius 1 is 0.872 bits per heavy atom. The van der Waals surface area contributed by atoms with Gasteiger partial charge in [0, 0.05) is 56.7 Å². The third-order valence-electron chi connectivity index (χ3n) is 9.07. The Bertz CT molecular complexity index is 1490. The highest BCUT2D eigenvalue weighted by molar-refractivity contribution is 7.08. The summed E-state index contributed by atoms with van der Waals surface area (Å²) in [6.07, 6.45) is 9.52. The van der Waals surface area contributed by atoms with Gasteiger partial charge >= 0.3 is 0 Å². The normalized spacial score (nSPS) is 17.5. The number of nitrogens with zero attached hydrogens (tertiary/aromatic N) is 5. The van der Waals surface area contributed by atoms with Crippen LogP contribution in [0.4, 0.5) is 5.69 Å². The maximum atomic E-state index is 13.8. The first-order valence-corrected chi connectivity index (χ1v) is 17.4. The fraction of sp³-hybridized carbons (Fsp3) is 0.529.